The van der Waals surface area contributed by atoms with Crippen LogP contribution >= 0.6 is 0 Å². The summed E-state index contributed by atoms with van der Waals surface area (Å²) in [5.41, 5.74) is 0.0786. The quantitative estimate of drug-likeness (QED) is 0.781. The van der Waals surface area contributed by atoms with Crippen molar-refractivity contribution in [1.82, 2.24) is 4.72 Å². The van der Waals surface area contributed by atoms with Crippen LogP contribution in [0.15, 0.2) is 23.1 Å². The summed E-state index contributed by atoms with van der Waals surface area (Å²) in [6, 6.07) is 3.86. The lowest BCUT2D eigenvalue weighted by molar-refractivity contribution is 0.0596. The lowest BCUT2D eigenvalue weighted by Gasteiger charge is -2.14. The predicted octanol–water partition coefficient (Wildman–Crippen LogP) is 0.939. The van der Waals surface area contributed by atoms with Gasteiger partial charge in [-0.05, 0) is 31.5 Å². The van der Waals surface area contributed by atoms with E-state index in [-0.39, 0.29) is 22.3 Å². The first-order valence-corrected chi connectivity index (χ1v) is 8.41. The number of carbonyl (C=O) groups is 1. The number of nitrogens with one attached hydrogen (secondary N) is 1. The van der Waals surface area contributed by atoms with Crippen molar-refractivity contribution < 1.29 is 27.4 Å². The molecule has 8 heteroatoms. The summed E-state index contributed by atoms with van der Waals surface area (Å²) in [5, 5.41) is 0. The first-order valence-electron chi connectivity index (χ1n) is 6.93. The van der Waals surface area contributed by atoms with Crippen molar-refractivity contribution >= 4 is 16.0 Å². The molecule has 122 valence electrons. The fourth-order valence-corrected chi connectivity index (χ4v) is 3.42. The fourth-order valence-electron chi connectivity index (χ4n) is 2.14. The Hall–Kier alpha value is -1.64. The summed E-state index contributed by atoms with van der Waals surface area (Å²) >= 11 is 0. The van der Waals surface area contributed by atoms with Crippen molar-refractivity contribution in [3.05, 3.63) is 23.8 Å². The smallest absolute Gasteiger partial charge is 0.341 e. The molecule has 0 bridgehead atoms. The number of ether oxygens (including phenoxy) is 3. The first-order chi connectivity index (χ1) is 10.5. The van der Waals surface area contributed by atoms with Gasteiger partial charge in [-0.1, -0.05) is 0 Å². The minimum absolute atomic E-state index is 0.0109. The van der Waals surface area contributed by atoms with Crippen LogP contribution in [0.5, 0.6) is 5.75 Å². The van der Waals surface area contributed by atoms with Crippen molar-refractivity contribution in [2.24, 2.45) is 0 Å². The molecular weight excluding hydrogens is 310 g/mol. The van der Waals surface area contributed by atoms with Crippen LogP contribution in [0.2, 0.25) is 0 Å². The molecule has 1 atom stereocenters. The Morgan fingerprint density at radius 3 is 2.82 bits per heavy atom. The minimum atomic E-state index is -3.73. The molecule has 1 aromatic carbocycles. The number of hydrogen-bond donors (Lipinski definition) is 1. The number of sulfonamides is 1. The van der Waals surface area contributed by atoms with Gasteiger partial charge in [0.15, 0.2) is 0 Å². The van der Waals surface area contributed by atoms with Gasteiger partial charge >= 0.3 is 5.97 Å². The maximum absolute atomic E-state index is 12.4. The lowest BCUT2D eigenvalue weighted by atomic mass is 10.2. The van der Waals surface area contributed by atoms with E-state index in [1.54, 1.807) is 6.92 Å². The normalized spacial score (nSPS) is 18.2. The zero-order valence-corrected chi connectivity index (χ0v) is 13.3. The van der Waals surface area contributed by atoms with Gasteiger partial charge in [-0.3, -0.25) is 0 Å². The summed E-state index contributed by atoms with van der Waals surface area (Å²) in [4.78, 5) is 11.8. The molecule has 1 aromatic rings. The second-order valence-corrected chi connectivity index (χ2v) is 6.48. The van der Waals surface area contributed by atoms with Crippen LogP contribution in [0.1, 0.15) is 23.7 Å². The number of rotatable bonds is 6. The van der Waals surface area contributed by atoms with Crippen LogP contribution in [-0.4, -0.2) is 47.4 Å². The van der Waals surface area contributed by atoms with Gasteiger partial charge in [0.1, 0.15) is 11.3 Å². The number of carbonyl (C=O) groups excluding carboxylic acids is 1. The van der Waals surface area contributed by atoms with Crippen molar-refractivity contribution in [2.45, 2.75) is 24.3 Å². The van der Waals surface area contributed by atoms with Crippen molar-refractivity contribution in [3.8, 4) is 5.75 Å². The topological polar surface area (TPSA) is 90.9 Å². The highest BCUT2D eigenvalue weighted by atomic mass is 32.2. The average molecular weight is 329 g/mol. The minimum Gasteiger partial charge on any atom is -0.493 e. The highest BCUT2D eigenvalue weighted by Gasteiger charge is 2.25. The SMILES string of the molecule is CCOc1ccc(S(=O)(=O)N[C@H]2CCOC2)cc1C(=O)OC. The molecule has 7 nitrogen and oxygen atoms in total. The Bertz CT molecular complexity index is 637. The highest BCUT2D eigenvalue weighted by molar-refractivity contribution is 7.89. The Morgan fingerprint density at radius 1 is 1.45 bits per heavy atom. The molecule has 1 saturated heterocycles. The van der Waals surface area contributed by atoms with E-state index in [2.05, 4.69) is 9.46 Å². The monoisotopic (exact) mass is 329 g/mol. The van der Waals surface area contributed by atoms with Gasteiger partial charge in [0, 0.05) is 12.6 Å². The Labute approximate surface area is 129 Å². The zero-order chi connectivity index (χ0) is 16.2. The number of hydrogen-bond acceptors (Lipinski definition) is 6. The molecule has 0 radical (unpaired) electrons. The summed E-state index contributed by atoms with van der Waals surface area (Å²) in [7, 11) is -2.50. The molecule has 0 aliphatic carbocycles. The molecule has 0 unspecified atom stereocenters. The van der Waals surface area contributed by atoms with Crippen molar-refractivity contribution in [1.29, 1.82) is 0 Å². The third kappa shape index (κ3) is 3.76. The summed E-state index contributed by atoms with van der Waals surface area (Å²) < 4.78 is 42.4. The van der Waals surface area contributed by atoms with Crippen LogP contribution in [0.3, 0.4) is 0 Å². The molecule has 2 rings (SSSR count). The van der Waals surface area contributed by atoms with E-state index >= 15 is 0 Å². The van der Waals surface area contributed by atoms with E-state index in [0.717, 1.165) is 0 Å². The summed E-state index contributed by atoms with van der Waals surface area (Å²) in [6.45, 7) is 3.01. The van der Waals surface area contributed by atoms with Gasteiger partial charge in [0.05, 0.1) is 25.2 Å². The first kappa shape index (κ1) is 16.7. The van der Waals surface area contributed by atoms with Crippen LogP contribution in [0.4, 0.5) is 0 Å². The maximum Gasteiger partial charge on any atom is 0.341 e. The standard InChI is InChI=1S/C14H19NO6S/c1-3-21-13-5-4-11(8-12(13)14(16)19-2)22(17,18)15-10-6-7-20-9-10/h4-5,8,10,15H,3,6-7,9H2,1-2H3/t10-/m0/s1. The van der Waals surface area contributed by atoms with Gasteiger partial charge in [-0.25, -0.2) is 17.9 Å². The third-order valence-electron chi connectivity index (χ3n) is 3.22. The molecule has 0 amide bonds. The van der Waals surface area contributed by atoms with Gasteiger partial charge in [-0.2, -0.15) is 0 Å². The number of benzene rings is 1. The van der Waals surface area contributed by atoms with E-state index < -0.39 is 16.0 Å². The molecule has 1 fully saturated rings. The van der Waals surface area contributed by atoms with Gasteiger partial charge < -0.3 is 14.2 Å². The third-order valence-corrected chi connectivity index (χ3v) is 4.74. The van der Waals surface area contributed by atoms with Crippen molar-refractivity contribution in [3.63, 3.8) is 0 Å². The molecule has 22 heavy (non-hydrogen) atoms. The van der Waals surface area contributed by atoms with Crippen molar-refractivity contribution in [2.75, 3.05) is 26.9 Å². The van der Waals surface area contributed by atoms with Crippen LogP contribution in [0, 0.1) is 0 Å². The lowest BCUT2D eigenvalue weighted by Crippen LogP contribution is -2.35. The fraction of sp³-hybridized carbons (Fsp3) is 0.500. The predicted molar refractivity (Wildman–Crippen MR) is 78.5 cm³/mol. The Morgan fingerprint density at radius 2 is 2.23 bits per heavy atom. The molecule has 0 spiro atoms. The Balaban J connectivity index is 2.32. The molecular formula is C14H19NO6S. The van der Waals surface area contributed by atoms with Gasteiger partial charge in [0.2, 0.25) is 10.0 Å². The largest absolute Gasteiger partial charge is 0.493 e. The summed E-state index contributed by atoms with van der Waals surface area (Å²) in [5.74, 6) is -0.359. The summed E-state index contributed by atoms with van der Waals surface area (Å²) in [6.07, 6.45) is 0.625. The van der Waals surface area contributed by atoms with E-state index in [1.165, 1.54) is 25.3 Å². The maximum atomic E-state index is 12.4. The zero-order valence-electron chi connectivity index (χ0n) is 12.5. The van der Waals surface area contributed by atoms with Gasteiger partial charge in [0.25, 0.3) is 0 Å². The average Bonchev–Trinajstić information content (AvgIpc) is 2.99. The highest BCUT2D eigenvalue weighted by Crippen LogP contribution is 2.24. The van der Waals surface area contributed by atoms with Crippen LogP contribution in [-0.2, 0) is 19.5 Å². The number of esters is 1. The van der Waals surface area contributed by atoms with E-state index in [0.29, 0.717) is 26.2 Å². The molecule has 1 aliphatic heterocycles. The Kier molecular flexibility index (Phi) is 5.38. The molecule has 0 aromatic heterocycles. The molecule has 1 aliphatic rings. The van der Waals surface area contributed by atoms with Gasteiger partial charge in [-0.15, -0.1) is 0 Å². The van der Waals surface area contributed by atoms with E-state index in [4.69, 9.17) is 9.47 Å². The molecule has 0 saturated carbocycles. The number of methoxy groups -OCH3 is 1. The van der Waals surface area contributed by atoms with E-state index in [9.17, 15) is 13.2 Å². The second kappa shape index (κ2) is 7.08. The second-order valence-electron chi connectivity index (χ2n) is 4.76. The molecule has 1 heterocycles. The van der Waals surface area contributed by atoms with Crippen LogP contribution in [0.25, 0.3) is 0 Å². The van der Waals surface area contributed by atoms with Crippen LogP contribution < -0.4 is 9.46 Å². The van der Waals surface area contributed by atoms with E-state index in [1.807, 2.05) is 0 Å². The molecule has 1 N–H and O–H groups in total.